The highest BCUT2D eigenvalue weighted by molar-refractivity contribution is 7.99. The maximum atomic E-state index is 12.1. The second kappa shape index (κ2) is 7.73. The van der Waals surface area contributed by atoms with Crippen LogP contribution in [0.3, 0.4) is 0 Å². The highest BCUT2D eigenvalue weighted by Gasteiger charge is 2.15. The molecule has 4 rings (SSSR count). The van der Waals surface area contributed by atoms with Crippen LogP contribution in [-0.4, -0.2) is 37.7 Å². The molecule has 0 radical (unpaired) electrons. The Kier molecular flexibility index (Phi) is 4.98. The Balaban J connectivity index is 1.49. The highest BCUT2D eigenvalue weighted by Crippen LogP contribution is 2.29. The smallest absolute Gasteiger partial charge is 0.258 e. The molecule has 0 bridgehead atoms. The van der Waals surface area contributed by atoms with Gasteiger partial charge in [-0.2, -0.15) is 0 Å². The van der Waals surface area contributed by atoms with Crippen LogP contribution in [0.4, 0.5) is 0 Å². The lowest BCUT2D eigenvalue weighted by Gasteiger charge is -2.08. The molecule has 2 aromatic carbocycles. The van der Waals surface area contributed by atoms with Crippen LogP contribution in [-0.2, 0) is 6.42 Å². The van der Waals surface area contributed by atoms with E-state index < -0.39 is 0 Å². The number of para-hydroxylation sites is 2. The lowest BCUT2D eigenvalue weighted by molar-refractivity contribution is 0.416. The molecule has 3 N–H and O–H groups in total. The van der Waals surface area contributed by atoms with E-state index in [2.05, 4.69) is 20.2 Å². The van der Waals surface area contributed by atoms with E-state index in [0.717, 1.165) is 5.56 Å². The molecule has 142 valence electrons. The molecule has 0 aliphatic carbocycles. The maximum Gasteiger partial charge on any atom is 0.258 e. The largest absolute Gasteiger partial charge is 0.496 e. The van der Waals surface area contributed by atoms with E-state index in [1.54, 1.807) is 13.2 Å². The van der Waals surface area contributed by atoms with Crippen molar-refractivity contribution in [1.82, 2.24) is 24.8 Å². The van der Waals surface area contributed by atoms with Crippen molar-refractivity contribution in [3.05, 3.63) is 64.7 Å². The molecule has 2 heterocycles. The van der Waals surface area contributed by atoms with Crippen molar-refractivity contribution in [1.29, 1.82) is 0 Å². The van der Waals surface area contributed by atoms with Crippen molar-refractivity contribution in [2.75, 3.05) is 18.7 Å². The number of H-pyrrole nitrogens is 1. The number of nitrogens with two attached hydrogens (primary N) is 1. The second-order valence-electron chi connectivity index (χ2n) is 6.00. The monoisotopic (exact) mass is 394 g/mol. The number of aromatic amines is 1. The number of nitrogens with one attached hydrogen (secondary N) is 1. The van der Waals surface area contributed by atoms with Gasteiger partial charge in [0.2, 0.25) is 5.16 Å². The topological polar surface area (TPSA) is 112 Å². The summed E-state index contributed by atoms with van der Waals surface area (Å²) in [4.78, 5) is 19.5. The minimum absolute atomic E-state index is 0.133. The molecule has 0 aliphatic rings. The van der Waals surface area contributed by atoms with Gasteiger partial charge < -0.3 is 15.6 Å². The molecule has 0 unspecified atom stereocenters. The molecule has 0 atom stereocenters. The molecule has 28 heavy (non-hydrogen) atoms. The minimum atomic E-state index is -0.133. The first-order valence-electron chi connectivity index (χ1n) is 8.62. The fraction of sp³-hybridized carbons (Fsp3) is 0.158. The molecular weight excluding hydrogens is 376 g/mol. The summed E-state index contributed by atoms with van der Waals surface area (Å²) in [5.41, 5.74) is 1.32. The van der Waals surface area contributed by atoms with Crippen LogP contribution >= 0.6 is 11.8 Å². The number of nitrogens with zero attached hydrogens (tertiary/aromatic N) is 4. The average Bonchev–Trinajstić information content (AvgIpc) is 3.08. The van der Waals surface area contributed by atoms with Crippen molar-refractivity contribution in [3.63, 3.8) is 0 Å². The van der Waals surface area contributed by atoms with E-state index >= 15 is 0 Å². The number of hydrogen-bond acceptors (Lipinski definition) is 7. The summed E-state index contributed by atoms with van der Waals surface area (Å²) in [6, 6.07) is 14.8. The fourth-order valence-electron chi connectivity index (χ4n) is 2.88. The van der Waals surface area contributed by atoms with E-state index in [0.29, 0.717) is 45.6 Å². The van der Waals surface area contributed by atoms with Gasteiger partial charge in [-0.05, 0) is 24.3 Å². The Morgan fingerprint density at radius 2 is 1.93 bits per heavy atom. The molecule has 0 saturated carbocycles. The highest BCUT2D eigenvalue weighted by atomic mass is 32.2. The number of methoxy groups -OCH3 is 1. The van der Waals surface area contributed by atoms with E-state index in [4.69, 9.17) is 10.6 Å². The first-order valence-corrected chi connectivity index (χ1v) is 9.60. The van der Waals surface area contributed by atoms with Gasteiger partial charge in [-0.1, -0.05) is 36.0 Å². The molecular formula is C19H18N6O2S. The number of nitrogen functional groups attached to an aromatic ring is 1. The molecule has 9 heteroatoms. The number of hydrogen-bond donors (Lipinski definition) is 2. The second-order valence-corrected chi connectivity index (χ2v) is 7.07. The predicted molar refractivity (Wildman–Crippen MR) is 109 cm³/mol. The lowest BCUT2D eigenvalue weighted by atomic mass is 10.2. The van der Waals surface area contributed by atoms with Gasteiger partial charge >= 0.3 is 0 Å². The van der Waals surface area contributed by atoms with Crippen molar-refractivity contribution >= 4 is 22.7 Å². The van der Waals surface area contributed by atoms with Crippen molar-refractivity contribution in [2.24, 2.45) is 0 Å². The molecule has 8 nitrogen and oxygen atoms in total. The number of aryl methyl sites for hydroxylation is 1. The Bertz CT molecular complexity index is 1190. The van der Waals surface area contributed by atoms with Crippen LogP contribution in [0.15, 0.2) is 58.5 Å². The Morgan fingerprint density at radius 1 is 1.14 bits per heavy atom. The first-order chi connectivity index (χ1) is 13.7. The summed E-state index contributed by atoms with van der Waals surface area (Å²) < 4.78 is 6.81. The van der Waals surface area contributed by atoms with Crippen LogP contribution in [0, 0.1) is 0 Å². The van der Waals surface area contributed by atoms with Gasteiger partial charge in [-0.15, -0.1) is 10.2 Å². The third-order valence-corrected chi connectivity index (χ3v) is 5.19. The minimum Gasteiger partial charge on any atom is -0.496 e. The SMILES string of the molecule is COc1ccccc1-c1nnc(SCCc2nc3ccccc3c(=O)[nH]2)n1N. The fourth-order valence-corrected chi connectivity index (χ4v) is 3.68. The zero-order chi connectivity index (χ0) is 19.5. The van der Waals surface area contributed by atoms with Gasteiger partial charge in [-0.3, -0.25) is 4.79 Å². The summed E-state index contributed by atoms with van der Waals surface area (Å²) in [5.74, 6) is 8.65. The van der Waals surface area contributed by atoms with Crippen LogP contribution in [0.5, 0.6) is 5.75 Å². The number of thioether (sulfide) groups is 1. The Hall–Kier alpha value is -3.33. The van der Waals surface area contributed by atoms with Gasteiger partial charge in [0.05, 0.1) is 23.6 Å². The summed E-state index contributed by atoms with van der Waals surface area (Å²) in [7, 11) is 1.60. The third kappa shape index (κ3) is 3.44. The van der Waals surface area contributed by atoms with Crippen LogP contribution in [0.1, 0.15) is 5.82 Å². The van der Waals surface area contributed by atoms with E-state index in [1.165, 1.54) is 16.4 Å². The normalized spacial score (nSPS) is 11.0. The van der Waals surface area contributed by atoms with Crippen LogP contribution in [0.2, 0.25) is 0 Å². The summed E-state index contributed by atoms with van der Waals surface area (Å²) >= 11 is 1.44. The van der Waals surface area contributed by atoms with Crippen molar-refractivity contribution in [2.45, 2.75) is 11.6 Å². The van der Waals surface area contributed by atoms with E-state index in [1.807, 2.05) is 42.5 Å². The van der Waals surface area contributed by atoms with Crippen LogP contribution in [0.25, 0.3) is 22.3 Å². The zero-order valence-corrected chi connectivity index (χ0v) is 15.9. The van der Waals surface area contributed by atoms with E-state index in [-0.39, 0.29) is 5.56 Å². The third-order valence-electron chi connectivity index (χ3n) is 4.24. The summed E-state index contributed by atoms with van der Waals surface area (Å²) in [5, 5.41) is 9.52. The number of benzene rings is 2. The predicted octanol–water partition coefficient (Wildman–Crippen LogP) is 2.24. The Morgan fingerprint density at radius 3 is 2.79 bits per heavy atom. The number of ether oxygens (including phenoxy) is 1. The Labute approximate surface area is 164 Å². The lowest BCUT2D eigenvalue weighted by Crippen LogP contribution is -2.13. The quantitative estimate of drug-likeness (QED) is 0.381. The molecule has 0 saturated heterocycles. The summed E-state index contributed by atoms with van der Waals surface area (Å²) in [6.07, 6.45) is 0.571. The molecule has 2 aromatic heterocycles. The van der Waals surface area contributed by atoms with Gasteiger partial charge in [-0.25, -0.2) is 9.66 Å². The molecule has 0 aliphatic heterocycles. The summed E-state index contributed by atoms with van der Waals surface area (Å²) in [6.45, 7) is 0. The standard InChI is InChI=1S/C19H18N6O2S/c1-27-15-9-5-3-7-13(15)17-23-24-19(25(17)20)28-11-10-16-21-14-8-4-2-6-12(14)18(26)22-16/h2-9H,10-11,20H2,1H3,(H,21,22,26). The average molecular weight is 394 g/mol. The maximum absolute atomic E-state index is 12.1. The molecule has 0 spiro atoms. The van der Waals surface area contributed by atoms with Gasteiger partial charge in [0.1, 0.15) is 11.6 Å². The van der Waals surface area contributed by atoms with Gasteiger partial charge in [0.15, 0.2) is 5.82 Å². The zero-order valence-electron chi connectivity index (χ0n) is 15.1. The number of rotatable bonds is 6. The van der Waals surface area contributed by atoms with E-state index in [9.17, 15) is 4.79 Å². The number of aromatic nitrogens is 5. The van der Waals surface area contributed by atoms with Gasteiger partial charge in [0, 0.05) is 12.2 Å². The molecule has 0 amide bonds. The number of fused-ring (bicyclic) bond motifs is 1. The van der Waals surface area contributed by atoms with Crippen molar-refractivity contribution in [3.8, 4) is 17.1 Å². The van der Waals surface area contributed by atoms with Crippen LogP contribution < -0.4 is 16.1 Å². The van der Waals surface area contributed by atoms with Crippen molar-refractivity contribution < 1.29 is 4.74 Å². The first kappa shape index (κ1) is 18.1. The molecule has 0 fully saturated rings. The van der Waals surface area contributed by atoms with Gasteiger partial charge in [0.25, 0.3) is 5.56 Å². The molecule has 4 aromatic rings.